The lowest BCUT2D eigenvalue weighted by Crippen LogP contribution is -2.34. The molecule has 8 heteroatoms. The van der Waals surface area contributed by atoms with Crippen LogP contribution < -0.4 is 4.31 Å². The maximum absolute atomic E-state index is 14.0. The summed E-state index contributed by atoms with van der Waals surface area (Å²) in [6.45, 7) is 2.50. The number of aliphatic hydroxyl groups is 1. The fourth-order valence-corrected chi connectivity index (χ4v) is 5.25. The van der Waals surface area contributed by atoms with Gasteiger partial charge in [0.25, 0.3) is 10.0 Å². The molecule has 2 aromatic rings. The minimum Gasteiger partial charge on any atom is -0.394 e. The standard InChI is InChI=1S/C14H15F2NO3S2/c1-9-8-21-10(2)14(9)22(19,20)17(5-6-18)13-4-3-11(15)7-12(13)16/h3-4,7-8,18H,5-6H2,1-2H3. The molecule has 1 aromatic carbocycles. The molecule has 0 aliphatic rings. The Labute approximate surface area is 131 Å². The minimum absolute atomic E-state index is 0.0923. The number of rotatable bonds is 5. The average molecular weight is 347 g/mol. The third kappa shape index (κ3) is 2.99. The predicted molar refractivity (Wildman–Crippen MR) is 81.8 cm³/mol. The fourth-order valence-electron chi connectivity index (χ4n) is 2.20. The van der Waals surface area contributed by atoms with Crippen molar-refractivity contribution >= 4 is 27.0 Å². The van der Waals surface area contributed by atoms with Gasteiger partial charge in [-0.1, -0.05) is 0 Å². The van der Waals surface area contributed by atoms with Crippen LogP contribution in [0, 0.1) is 25.5 Å². The summed E-state index contributed by atoms with van der Waals surface area (Å²) < 4.78 is 53.4. The monoisotopic (exact) mass is 347 g/mol. The summed E-state index contributed by atoms with van der Waals surface area (Å²) in [5.41, 5.74) is 0.258. The van der Waals surface area contributed by atoms with Crippen LogP contribution in [0.15, 0.2) is 28.5 Å². The lowest BCUT2D eigenvalue weighted by Gasteiger charge is -2.24. The van der Waals surface area contributed by atoms with Gasteiger partial charge in [-0.2, -0.15) is 0 Å². The molecule has 0 bridgehead atoms. The molecule has 120 valence electrons. The van der Waals surface area contributed by atoms with E-state index < -0.39 is 28.3 Å². The van der Waals surface area contributed by atoms with Crippen LogP contribution in [0.5, 0.6) is 0 Å². The van der Waals surface area contributed by atoms with Crippen LogP contribution in [0.1, 0.15) is 10.4 Å². The molecule has 0 radical (unpaired) electrons. The number of sulfonamides is 1. The van der Waals surface area contributed by atoms with Crippen molar-refractivity contribution in [3.05, 3.63) is 45.7 Å². The lowest BCUT2D eigenvalue weighted by molar-refractivity contribution is 0.306. The van der Waals surface area contributed by atoms with E-state index in [1.807, 2.05) is 0 Å². The van der Waals surface area contributed by atoms with E-state index in [-0.39, 0.29) is 17.1 Å². The molecule has 0 fully saturated rings. The van der Waals surface area contributed by atoms with Gasteiger partial charge in [-0.25, -0.2) is 17.2 Å². The number of benzene rings is 1. The third-order valence-corrected chi connectivity index (χ3v) is 6.38. The largest absolute Gasteiger partial charge is 0.394 e. The van der Waals surface area contributed by atoms with E-state index in [0.29, 0.717) is 16.5 Å². The molecule has 4 nitrogen and oxygen atoms in total. The van der Waals surface area contributed by atoms with Crippen molar-refractivity contribution in [2.24, 2.45) is 0 Å². The smallest absolute Gasteiger partial charge is 0.265 e. The Hall–Kier alpha value is -1.51. The zero-order chi connectivity index (χ0) is 16.5. The minimum atomic E-state index is -4.05. The molecule has 0 aliphatic carbocycles. The van der Waals surface area contributed by atoms with E-state index in [4.69, 9.17) is 5.11 Å². The molecule has 1 aromatic heterocycles. The second-order valence-electron chi connectivity index (χ2n) is 4.70. The van der Waals surface area contributed by atoms with Crippen LogP contribution in [-0.2, 0) is 10.0 Å². The molecule has 2 rings (SSSR count). The van der Waals surface area contributed by atoms with Crippen LogP contribution in [0.25, 0.3) is 0 Å². The van der Waals surface area contributed by atoms with E-state index in [9.17, 15) is 17.2 Å². The normalized spacial score (nSPS) is 11.7. The summed E-state index contributed by atoms with van der Waals surface area (Å²) in [5.74, 6) is -1.80. The number of aliphatic hydroxyl groups excluding tert-OH is 1. The van der Waals surface area contributed by atoms with Gasteiger partial charge in [0.2, 0.25) is 0 Å². The van der Waals surface area contributed by atoms with Crippen molar-refractivity contribution in [1.82, 2.24) is 0 Å². The summed E-state index contributed by atoms with van der Waals surface area (Å²) >= 11 is 1.27. The van der Waals surface area contributed by atoms with Crippen molar-refractivity contribution in [1.29, 1.82) is 0 Å². The molecule has 1 N–H and O–H groups in total. The molecule has 0 amide bonds. The highest BCUT2D eigenvalue weighted by molar-refractivity contribution is 7.93. The Morgan fingerprint density at radius 1 is 1.27 bits per heavy atom. The van der Waals surface area contributed by atoms with Crippen LogP contribution in [-0.4, -0.2) is 26.7 Å². The molecule has 22 heavy (non-hydrogen) atoms. The Kier molecular flexibility index (Phi) is 4.84. The summed E-state index contributed by atoms with van der Waals surface area (Å²) in [6, 6.07) is 2.64. The summed E-state index contributed by atoms with van der Waals surface area (Å²) in [5, 5.41) is 10.8. The quantitative estimate of drug-likeness (QED) is 0.905. The van der Waals surface area contributed by atoms with E-state index in [0.717, 1.165) is 16.4 Å². The third-order valence-electron chi connectivity index (χ3n) is 3.12. The Bertz CT molecular complexity index is 768. The molecule has 0 atom stereocenters. The Balaban J connectivity index is 2.61. The molecule has 0 spiro atoms. The summed E-state index contributed by atoms with van der Waals surface area (Å²) in [7, 11) is -4.05. The number of hydrogen-bond donors (Lipinski definition) is 1. The van der Waals surface area contributed by atoms with Crippen molar-refractivity contribution in [2.75, 3.05) is 17.5 Å². The number of nitrogens with zero attached hydrogens (tertiary/aromatic N) is 1. The summed E-state index contributed by atoms with van der Waals surface area (Å²) in [6.07, 6.45) is 0. The molecule has 1 heterocycles. The number of hydrogen-bond acceptors (Lipinski definition) is 4. The first kappa shape index (κ1) is 16.9. The van der Waals surface area contributed by atoms with Gasteiger partial charge in [0.15, 0.2) is 0 Å². The van der Waals surface area contributed by atoms with Gasteiger partial charge >= 0.3 is 0 Å². The molecule has 0 aliphatic heterocycles. The number of halogens is 2. The SMILES string of the molecule is Cc1csc(C)c1S(=O)(=O)N(CCO)c1ccc(F)cc1F. The highest BCUT2D eigenvalue weighted by Crippen LogP contribution is 2.32. The predicted octanol–water partition coefficient (Wildman–Crippen LogP) is 2.83. The number of anilines is 1. The van der Waals surface area contributed by atoms with Gasteiger partial charge < -0.3 is 5.11 Å². The summed E-state index contributed by atoms with van der Waals surface area (Å²) in [4.78, 5) is 0.664. The van der Waals surface area contributed by atoms with E-state index >= 15 is 0 Å². The topological polar surface area (TPSA) is 57.6 Å². The van der Waals surface area contributed by atoms with Gasteiger partial charge in [-0.05, 0) is 36.9 Å². The highest BCUT2D eigenvalue weighted by atomic mass is 32.2. The van der Waals surface area contributed by atoms with Gasteiger partial charge in [0.1, 0.15) is 16.5 Å². The van der Waals surface area contributed by atoms with Gasteiger partial charge in [-0.3, -0.25) is 4.31 Å². The molecule has 0 saturated carbocycles. The van der Waals surface area contributed by atoms with E-state index in [1.54, 1.807) is 19.2 Å². The zero-order valence-corrected chi connectivity index (χ0v) is 13.6. The van der Waals surface area contributed by atoms with Crippen LogP contribution in [0.3, 0.4) is 0 Å². The van der Waals surface area contributed by atoms with Gasteiger partial charge in [0, 0.05) is 10.9 Å². The average Bonchev–Trinajstić information content (AvgIpc) is 2.77. The lowest BCUT2D eigenvalue weighted by atomic mass is 10.3. The zero-order valence-electron chi connectivity index (χ0n) is 12.0. The fraction of sp³-hybridized carbons (Fsp3) is 0.286. The van der Waals surface area contributed by atoms with Crippen LogP contribution in [0.2, 0.25) is 0 Å². The van der Waals surface area contributed by atoms with Crippen LogP contribution >= 0.6 is 11.3 Å². The molecular weight excluding hydrogens is 332 g/mol. The molecule has 0 saturated heterocycles. The molecular formula is C14H15F2NO3S2. The van der Waals surface area contributed by atoms with Crippen molar-refractivity contribution in [3.63, 3.8) is 0 Å². The maximum atomic E-state index is 14.0. The van der Waals surface area contributed by atoms with Crippen molar-refractivity contribution in [3.8, 4) is 0 Å². The highest BCUT2D eigenvalue weighted by Gasteiger charge is 2.30. The van der Waals surface area contributed by atoms with E-state index in [1.165, 1.54) is 11.3 Å². The van der Waals surface area contributed by atoms with Crippen molar-refractivity contribution in [2.45, 2.75) is 18.7 Å². The molecule has 0 unspecified atom stereocenters. The Morgan fingerprint density at radius 2 is 1.95 bits per heavy atom. The van der Waals surface area contributed by atoms with Crippen LogP contribution in [0.4, 0.5) is 14.5 Å². The second-order valence-corrected chi connectivity index (χ2v) is 7.58. The van der Waals surface area contributed by atoms with E-state index in [2.05, 4.69) is 0 Å². The first-order valence-electron chi connectivity index (χ1n) is 6.42. The van der Waals surface area contributed by atoms with Gasteiger partial charge in [0.05, 0.1) is 18.8 Å². The number of aryl methyl sites for hydroxylation is 2. The first-order valence-corrected chi connectivity index (χ1v) is 8.74. The van der Waals surface area contributed by atoms with Crippen molar-refractivity contribution < 1.29 is 22.3 Å². The number of thiophene rings is 1. The van der Waals surface area contributed by atoms with Gasteiger partial charge in [-0.15, -0.1) is 11.3 Å². The second kappa shape index (κ2) is 6.31. The maximum Gasteiger partial charge on any atom is 0.265 e. The Morgan fingerprint density at radius 3 is 2.45 bits per heavy atom. The first-order chi connectivity index (χ1) is 10.3.